The van der Waals surface area contributed by atoms with Gasteiger partial charge in [0.1, 0.15) is 5.82 Å². The predicted octanol–water partition coefficient (Wildman–Crippen LogP) is 3.42. The first-order valence-corrected chi connectivity index (χ1v) is 8.48. The molecule has 24 heavy (non-hydrogen) atoms. The third kappa shape index (κ3) is 3.94. The van der Waals surface area contributed by atoms with Crippen molar-refractivity contribution in [1.82, 2.24) is 10.3 Å². The van der Waals surface area contributed by atoms with E-state index in [9.17, 15) is 18.0 Å². The van der Waals surface area contributed by atoms with Crippen molar-refractivity contribution in [2.75, 3.05) is 11.9 Å². The number of halogens is 4. The van der Waals surface area contributed by atoms with E-state index in [0.29, 0.717) is 12.3 Å². The molecule has 132 valence electrons. The summed E-state index contributed by atoms with van der Waals surface area (Å²) >= 11 is 6.21. The zero-order chi connectivity index (χ0) is 17.3. The Morgan fingerprint density at radius 1 is 1.33 bits per heavy atom. The van der Waals surface area contributed by atoms with Crippen LogP contribution < -0.4 is 10.6 Å². The van der Waals surface area contributed by atoms with Gasteiger partial charge in [-0.05, 0) is 43.7 Å². The second kappa shape index (κ2) is 6.78. The molecule has 1 amide bonds. The highest BCUT2D eigenvalue weighted by atomic mass is 35.5. The summed E-state index contributed by atoms with van der Waals surface area (Å²) < 4.78 is 38.1. The molecule has 0 bridgehead atoms. The number of piperidine rings is 1. The molecule has 1 saturated carbocycles. The largest absolute Gasteiger partial charge is 0.416 e. The summed E-state index contributed by atoms with van der Waals surface area (Å²) in [5.74, 6) is 0.118. The van der Waals surface area contributed by atoms with Crippen molar-refractivity contribution in [2.24, 2.45) is 11.8 Å². The van der Waals surface area contributed by atoms with E-state index >= 15 is 0 Å². The molecule has 2 N–H and O–H groups in total. The number of nitrogens with zero attached hydrogens (tertiary/aromatic N) is 1. The van der Waals surface area contributed by atoms with E-state index in [-0.39, 0.29) is 35.6 Å². The molecule has 1 aromatic rings. The normalized spacial score (nSPS) is 30.4. The summed E-state index contributed by atoms with van der Waals surface area (Å²) in [4.78, 5) is 16.1. The summed E-state index contributed by atoms with van der Waals surface area (Å²) in [5, 5.41) is 6.02. The van der Waals surface area contributed by atoms with Crippen LogP contribution in [-0.4, -0.2) is 28.9 Å². The predicted molar refractivity (Wildman–Crippen MR) is 84.7 cm³/mol. The number of nitrogens with one attached hydrogen (secondary N) is 2. The quantitative estimate of drug-likeness (QED) is 0.811. The number of carbonyl (C=O) groups excluding carboxylic acids is 1. The van der Waals surface area contributed by atoms with Gasteiger partial charge in [0.05, 0.1) is 11.5 Å². The van der Waals surface area contributed by atoms with E-state index in [1.54, 1.807) is 0 Å². The Hall–Kier alpha value is -1.50. The highest BCUT2D eigenvalue weighted by molar-refractivity contribution is 6.20. The van der Waals surface area contributed by atoms with Crippen LogP contribution in [0.3, 0.4) is 0 Å². The van der Waals surface area contributed by atoms with E-state index < -0.39 is 11.7 Å². The number of amides is 1. The van der Waals surface area contributed by atoms with Crippen LogP contribution in [0.15, 0.2) is 18.3 Å². The summed E-state index contributed by atoms with van der Waals surface area (Å²) in [6, 6.07) is 2.06. The lowest BCUT2D eigenvalue weighted by Gasteiger charge is -2.41. The highest BCUT2D eigenvalue weighted by Crippen LogP contribution is 2.36. The van der Waals surface area contributed by atoms with E-state index in [0.717, 1.165) is 37.6 Å². The topological polar surface area (TPSA) is 54.0 Å². The van der Waals surface area contributed by atoms with Crippen molar-refractivity contribution in [1.29, 1.82) is 0 Å². The molecule has 1 aliphatic heterocycles. The van der Waals surface area contributed by atoms with Crippen molar-refractivity contribution in [3.63, 3.8) is 0 Å². The minimum absolute atomic E-state index is 0.0521. The Morgan fingerprint density at radius 3 is 2.88 bits per heavy atom. The van der Waals surface area contributed by atoms with Crippen molar-refractivity contribution >= 4 is 23.3 Å². The monoisotopic (exact) mass is 361 g/mol. The molecule has 1 aromatic heterocycles. The smallest absolute Gasteiger partial charge is 0.369 e. The fourth-order valence-electron chi connectivity index (χ4n) is 3.54. The second-order valence-electron chi connectivity index (χ2n) is 6.53. The molecule has 3 rings (SSSR count). The first-order valence-electron chi connectivity index (χ1n) is 8.04. The van der Waals surface area contributed by atoms with Gasteiger partial charge in [-0.25, -0.2) is 4.98 Å². The first kappa shape index (κ1) is 17.3. The number of rotatable bonds is 3. The molecule has 2 fully saturated rings. The standard InChI is InChI=1S/C16H19ClF3N3O/c17-12-1-2-13-9(6-12)5-10(15(24)23-13)8-22-14-7-11(3-4-21-14)16(18,19)20/h3-4,7,9-10,12-13H,1-2,5-6,8H2,(H,21,22)(H,23,24). The second-order valence-corrected chi connectivity index (χ2v) is 7.14. The van der Waals surface area contributed by atoms with Gasteiger partial charge in [0.15, 0.2) is 0 Å². The lowest BCUT2D eigenvalue weighted by Crippen LogP contribution is -2.53. The van der Waals surface area contributed by atoms with Gasteiger partial charge in [-0.3, -0.25) is 4.79 Å². The molecule has 4 nitrogen and oxygen atoms in total. The van der Waals surface area contributed by atoms with Crippen molar-refractivity contribution in [3.8, 4) is 0 Å². The number of hydrogen-bond donors (Lipinski definition) is 2. The first-order chi connectivity index (χ1) is 11.3. The lowest BCUT2D eigenvalue weighted by atomic mass is 9.75. The minimum atomic E-state index is -4.41. The third-order valence-corrected chi connectivity index (χ3v) is 5.22. The Kier molecular flexibility index (Phi) is 4.90. The molecule has 8 heteroatoms. The fourth-order valence-corrected chi connectivity index (χ4v) is 3.89. The summed E-state index contributed by atoms with van der Waals surface area (Å²) in [5.41, 5.74) is -0.759. The van der Waals surface area contributed by atoms with Gasteiger partial charge in [0.25, 0.3) is 0 Å². The maximum Gasteiger partial charge on any atom is 0.416 e. The number of carbonyl (C=O) groups is 1. The Bertz CT molecular complexity index is 610. The minimum Gasteiger partial charge on any atom is -0.369 e. The van der Waals surface area contributed by atoms with Crippen LogP contribution in [0, 0.1) is 11.8 Å². The van der Waals surface area contributed by atoms with Crippen molar-refractivity contribution < 1.29 is 18.0 Å². The van der Waals surface area contributed by atoms with Crippen LogP contribution in [0.4, 0.5) is 19.0 Å². The number of aromatic nitrogens is 1. The van der Waals surface area contributed by atoms with Gasteiger partial charge in [-0.2, -0.15) is 13.2 Å². The van der Waals surface area contributed by atoms with Crippen LogP contribution in [0.1, 0.15) is 31.2 Å². The molecule has 0 aromatic carbocycles. The number of hydrogen-bond acceptors (Lipinski definition) is 3. The zero-order valence-electron chi connectivity index (χ0n) is 12.9. The van der Waals surface area contributed by atoms with E-state index in [4.69, 9.17) is 11.6 Å². The molecule has 2 heterocycles. The Morgan fingerprint density at radius 2 is 2.12 bits per heavy atom. The van der Waals surface area contributed by atoms with E-state index in [1.165, 1.54) is 0 Å². The Labute approximate surface area is 143 Å². The van der Waals surface area contributed by atoms with E-state index in [2.05, 4.69) is 15.6 Å². The maximum atomic E-state index is 12.7. The van der Waals surface area contributed by atoms with Crippen molar-refractivity contribution in [3.05, 3.63) is 23.9 Å². The molecule has 0 spiro atoms. The van der Waals surface area contributed by atoms with Crippen LogP contribution >= 0.6 is 11.6 Å². The van der Waals surface area contributed by atoms with Crippen molar-refractivity contribution in [2.45, 2.75) is 43.3 Å². The molecule has 2 aliphatic rings. The molecule has 0 radical (unpaired) electrons. The van der Waals surface area contributed by atoms with Gasteiger partial charge < -0.3 is 10.6 Å². The molecular weight excluding hydrogens is 343 g/mol. The van der Waals surface area contributed by atoms with Gasteiger partial charge in [0, 0.05) is 24.2 Å². The molecular formula is C16H19ClF3N3O. The third-order valence-electron chi connectivity index (χ3n) is 4.82. The molecule has 4 atom stereocenters. The fraction of sp³-hybridized carbons (Fsp3) is 0.625. The average Bonchev–Trinajstić information content (AvgIpc) is 2.53. The highest BCUT2D eigenvalue weighted by Gasteiger charge is 2.39. The zero-order valence-corrected chi connectivity index (χ0v) is 13.7. The van der Waals surface area contributed by atoms with Crippen LogP contribution in [0.5, 0.6) is 0 Å². The van der Waals surface area contributed by atoms with Gasteiger partial charge in [0.2, 0.25) is 5.91 Å². The number of anilines is 1. The summed E-state index contributed by atoms with van der Waals surface area (Å²) in [6.45, 7) is 0.260. The lowest BCUT2D eigenvalue weighted by molar-refractivity contribution is -0.137. The van der Waals surface area contributed by atoms with E-state index in [1.807, 2.05) is 0 Å². The van der Waals surface area contributed by atoms with Crippen LogP contribution in [0.2, 0.25) is 0 Å². The van der Waals surface area contributed by atoms with Gasteiger partial charge >= 0.3 is 6.18 Å². The molecule has 1 aliphatic carbocycles. The maximum absolute atomic E-state index is 12.7. The molecule has 1 saturated heterocycles. The molecule has 4 unspecified atom stereocenters. The summed E-state index contributed by atoms with van der Waals surface area (Å²) in [6.07, 6.45) is 0.0596. The Balaban J connectivity index is 1.61. The van der Waals surface area contributed by atoms with Gasteiger partial charge in [-0.1, -0.05) is 0 Å². The SMILES string of the molecule is O=C1NC2CCC(Cl)CC2CC1CNc1cc(C(F)(F)F)ccn1. The number of fused-ring (bicyclic) bond motifs is 1. The number of pyridine rings is 1. The van der Waals surface area contributed by atoms with Crippen LogP contribution in [-0.2, 0) is 11.0 Å². The number of alkyl halides is 4. The summed E-state index contributed by atoms with van der Waals surface area (Å²) in [7, 11) is 0. The van der Waals surface area contributed by atoms with Crippen LogP contribution in [0.25, 0.3) is 0 Å². The van der Waals surface area contributed by atoms with Gasteiger partial charge in [-0.15, -0.1) is 11.6 Å². The average molecular weight is 362 g/mol.